The van der Waals surface area contributed by atoms with E-state index in [0.717, 1.165) is 24.1 Å². The quantitative estimate of drug-likeness (QED) is 0.551. The summed E-state index contributed by atoms with van der Waals surface area (Å²) in [6.45, 7) is 1.84. The molecule has 0 unspecified atom stereocenters. The summed E-state index contributed by atoms with van der Waals surface area (Å²) in [6, 6.07) is 11.2. The van der Waals surface area contributed by atoms with Gasteiger partial charge in [0.2, 0.25) is 5.91 Å². The maximum absolute atomic E-state index is 12.8. The number of benzene rings is 2. The first-order valence-electron chi connectivity index (χ1n) is 9.43. The molecule has 2 N–H and O–H groups in total. The number of nitro benzene ring substituents is 1. The maximum Gasteiger partial charge on any atom is 0.270 e. The molecule has 152 valence electrons. The molecule has 1 saturated carbocycles. The van der Waals surface area contributed by atoms with E-state index in [2.05, 4.69) is 10.6 Å². The predicted molar refractivity (Wildman–Crippen MR) is 111 cm³/mol. The monoisotopic (exact) mass is 396 g/mol. The minimum absolute atomic E-state index is 0.0426. The summed E-state index contributed by atoms with van der Waals surface area (Å²) in [4.78, 5) is 36.9. The van der Waals surface area contributed by atoms with Gasteiger partial charge in [-0.25, -0.2) is 0 Å². The molecule has 0 aromatic heterocycles. The van der Waals surface area contributed by atoms with Crippen molar-refractivity contribution in [3.05, 3.63) is 63.7 Å². The average molecular weight is 396 g/mol. The zero-order chi connectivity index (χ0) is 21.1. The van der Waals surface area contributed by atoms with E-state index < -0.39 is 10.8 Å². The van der Waals surface area contributed by atoms with Gasteiger partial charge in [-0.15, -0.1) is 0 Å². The highest BCUT2D eigenvalue weighted by molar-refractivity contribution is 6.00. The van der Waals surface area contributed by atoms with E-state index in [1.54, 1.807) is 37.2 Å². The van der Waals surface area contributed by atoms with Gasteiger partial charge in [-0.05, 0) is 43.5 Å². The van der Waals surface area contributed by atoms with Crippen LogP contribution in [0.4, 0.5) is 17.1 Å². The number of amides is 2. The van der Waals surface area contributed by atoms with Crippen molar-refractivity contribution in [2.24, 2.45) is 5.92 Å². The molecule has 0 aliphatic heterocycles. The lowest BCUT2D eigenvalue weighted by Crippen LogP contribution is -2.28. The van der Waals surface area contributed by atoms with Crippen LogP contribution in [-0.2, 0) is 4.79 Å². The van der Waals surface area contributed by atoms with Crippen LogP contribution in [0.3, 0.4) is 0 Å². The maximum atomic E-state index is 12.8. The van der Waals surface area contributed by atoms with Crippen molar-refractivity contribution < 1.29 is 14.5 Å². The van der Waals surface area contributed by atoms with Crippen molar-refractivity contribution in [2.75, 3.05) is 24.3 Å². The van der Waals surface area contributed by atoms with Gasteiger partial charge < -0.3 is 15.5 Å². The molecule has 0 bridgehead atoms. The second kappa shape index (κ2) is 8.30. The van der Waals surface area contributed by atoms with Crippen LogP contribution in [0.5, 0.6) is 0 Å². The van der Waals surface area contributed by atoms with Crippen LogP contribution in [0.2, 0.25) is 0 Å². The van der Waals surface area contributed by atoms with Crippen molar-refractivity contribution in [1.82, 2.24) is 5.32 Å². The van der Waals surface area contributed by atoms with E-state index >= 15 is 0 Å². The Morgan fingerprint density at radius 3 is 2.34 bits per heavy atom. The molecule has 1 fully saturated rings. The molecule has 0 heterocycles. The van der Waals surface area contributed by atoms with Gasteiger partial charge in [-0.2, -0.15) is 0 Å². The second-order valence-electron chi connectivity index (χ2n) is 7.43. The van der Waals surface area contributed by atoms with Crippen LogP contribution in [0.1, 0.15) is 41.7 Å². The molecule has 1 atom stereocenters. The highest BCUT2D eigenvalue weighted by Crippen LogP contribution is 2.30. The summed E-state index contributed by atoms with van der Waals surface area (Å²) in [5, 5.41) is 16.8. The topological polar surface area (TPSA) is 105 Å². The number of hydrogen-bond acceptors (Lipinski definition) is 5. The summed E-state index contributed by atoms with van der Waals surface area (Å²) in [6.07, 6.45) is 1.89. The first-order chi connectivity index (χ1) is 13.8. The lowest BCUT2D eigenvalue weighted by Gasteiger charge is -2.19. The summed E-state index contributed by atoms with van der Waals surface area (Å²) in [5.41, 5.74) is 2.28. The van der Waals surface area contributed by atoms with E-state index in [9.17, 15) is 19.7 Å². The normalized spacial score (nSPS) is 14.0. The number of carbonyl (C=O) groups excluding carboxylic acids is 2. The number of nitro groups is 1. The molecule has 1 aliphatic rings. The average Bonchev–Trinajstić information content (AvgIpc) is 3.53. The number of rotatable bonds is 7. The molecule has 0 saturated heterocycles. The Labute approximate surface area is 169 Å². The summed E-state index contributed by atoms with van der Waals surface area (Å²) >= 11 is 0. The van der Waals surface area contributed by atoms with Gasteiger partial charge in [0.25, 0.3) is 11.6 Å². The standard InChI is InChI=1S/C21H24N4O4/c1-13(14-6-8-16(9-7-14)23-20(26)15-4-5-15)22-21(27)18-12-17(25(28)29)10-11-19(18)24(2)3/h6-13,15H,4-5H2,1-3H3,(H,22,27)(H,23,26)/t13-/m0/s1. The molecule has 29 heavy (non-hydrogen) atoms. The molecular formula is C21H24N4O4. The predicted octanol–water partition coefficient (Wildman–Crippen LogP) is 3.50. The van der Waals surface area contributed by atoms with Gasteiger partial charge in [0.1, 0.15) is 0 Å². The number of carbonyl (C=O) groups is 2. The van der Waals surface area contributed by atoms with E-state index in [0.29, 0.717) is 5.69 Å². The Morgan fingerprint density at radius 2 is 1.79 bits per heavy atom. The first kappa shape index (κ1) is 20.3. The third-order valence-corrected chi connectivity index (χ3v) is 4.89. The Hall–Kier alpha value is -3.42. The van der Waals surface area contributed by atoms with E-state index in [1.165, 1.54) is 12.1 Å². The Morgan fingerprint density at radius 1 is 1.14 bits per heavy atom. The van der Waals surface area contributed by atoms with Crippen LogP contribution in [0.15, 0.2) is 42.5 Å². The van der Waals surface area contributed by atoms with Crippen LogP contribution < -0.4 is 15.5 Å². The highest BCUT2D eigenvalue weighted by Gasteiger charge is 2.29. The highest BCUT2D eigenvalue weighted by atomic mass is 16.6. The van der Waals surface area contributed by atoms with E-state index in [-0.39, 0.29) is 29.1 Å². The van der Waals surface area contributed by atoms with E-state index in [4.69, 9.17) is 0 Å². The van der Waals surface area contributed by atoms with Gasteiger partial charge >= 0.3 is 0 Å². The fourth-order valence-electron chi connectivity index (χ4n) is 3.01. The molecule has 8 nitrogen and oxygen atoms in total. The SMILES string of the molecule is C[C@H](NC(=O)c1cc([N+](=O)[O-])ccc1N(C)C)c1ccc(NC(=O)C2CC2)cc1. The van der Waals surface area contributed by atoms with Crippen molar-refractivity contribution in [3.8, 4) is 0 Å². The Bertz CT molecular complexity index is 936. The minimum atomic E-state index is -0.520. The van der Waals surface area contributed by atoms with Crippen LogP contribution in [-0.4, -0.2) is 30.8 Å². The summed E-state index contributed by atoms with van der Waals surface area (Å²) in [5.74, 6) is -0.217. The zero-order valence-electron chi connectivity index (χ0n) is 16.6. The molecule has 1 aliphatic carbocycles. The molecule has 0 radical (unpaired) electrons. The van der Waals surface area contributed by atoms with Gasteiger partial charge in [0.05, 0.1) is 16.5 Å². The Kier molecular flexibility index (Phi) is 5.81. The third-order valence-electron chi connectivity index (χ3n) is 4.89. The largest absolute Gasteiger partial charge is 0.377 e. The van der Waals surface area contributed by atoms with Gasteiger partial charge in [-0.3, -0.25) is 19.7 Å². The molecule has 2 aromatic rings. The van der Waals surface area contributed by atoms with Gasteiger partial charge in [-0.1, -0.05) is 12.1 Å². The van der Waals surface area contributed by atoms with Gasteiger partial charge in [0.15, 0.2) is 0 Å². The minimum Gasteiger partial charge on any atom is -0.377 e. The lowest BCUT2D eigenvalue weighted by atomic mass is 10.1. The molecule has 2 aromatic carbocycles. The number of non-ortho nitro benzene ring substituents is 1. The van der Waals surface area contributed by atoms with Crippen molar-refractivity contribution in [1.29, 1.82) is 0 Å². The summed E-state index contributed by atoms with van der Waals surface area (Å²) < 4.78 is 0. The van der Waals surface area contributed by atoms with Crippen molar-refractivity contribution in [2.45, 2.75) is 25.8 Å². The first-order valence-corrected chi connectivity index (χ1v) is 9.43. The van der Waals surface area contributed by atoms with E-state index in [1.807, 2.05) is 19.1 Å². The van der Waals surface area contributed by atoms with Crippen LogP contribution in [0.25, 0.3) is 0 Å². The molecule has 3 rings (SSSR count). The van der Waals surface area contributed by atoms with Crippen molar-refractivity contribution in [3.63, 3.8) is 0 Å². The van der Waals surface area contributed by atoms with Crippen molar-refractivity contribution >= 4 is 28.9 Å². The number of anilines is 2. The summed E-state index contributed by atoms with van der Waals surface area (Å²) in [7, 11) is 3.55. The second-order valence-corrected chi connectivity index (χ2v) is 7.43. The fourth-order valence-corrected chi connectivity index (χ4v) is 3.01. The Balaban J connectivity index is 1.72. The molecule has 2 amide bonds. The molecular weight excluding hydrogens is 372 g/mol. The lowest BCUT2D eigenvalue weighted by molar-refractivity contribution is -0.384. The zero-order valence-corrected chi connectivity index (χ0v) is 16.6. The fraction of sp³-hybridized carbons (Fsp3) is 0.333. The van der Waals surface area contributed by atoms with Gasteiger partial charge in [0, 0.05) is 43.5 Å². The number of nitrogens with zero attached hydrogens (tertiary/aromatic N) is 2. The number of nitrogens with one attached hydrogen (secondary N) is 2. The molecule has 0 spiro atoms. The molecule has 8 heteroatoms. The number of hydrogen-bond donors (Lipinski definition) is 2. The smallest absolute Gasteiger partial charge is 0.270 e. The van der Waals surface area contributed by atoms with Crippen LogP contribution >= 0.6 is 0 Å². The van der Waals surface area contributed by atoms with Crippen LogP contribution in [0, 0.1) is 16.0 Å². The third kappa shape index (κ3) is 4.90.